The highest BCUT2D eigenvalue weighted by molar-refractivity contribution is 7.89. The van der Waals surface area contributed by atoms with Gasteiger partial charge in [0.1, 0.15) is 0 Å². The molecule has 0 amide bonds. The molecule has 2 N–H and O–H groups in total. The highest BCUT2D eigenvalue weighted by Crippen LogP contribution is 2.20. The average Bonchev–Trinajstić information content (AvgIpc) is 2.49. The molecule has 0 aliphatic heterocycles. The average molecular weight is 314 g/mol. The molecule has 1 unspecified atom stereocenters. The van der Waals surface area contributed by atoms with Gasteiger partial charge in [-0.15, -0.1) is 0 Å². The fourth-order valence-corrected chi connectivity index (χ4v) is 3.19. The van der Waals surface area contributed by atoms with Crippen LogP contribution in [0.2, 0.25) is 0 Å². The number of sulfonamides is 1. The molecule has 0 aromatic heterocycles. The van der Waals surface area contributed by atoms with Crippen molar-refractivity contribution < 1.29 is 13.2 Å². The van der Waals surface area contributed by atoms with Crippen molar-refractivity contribution in [3.05, 3.63) is 29.8 Å². The van der Waals surface area contributed by atoms with Crippen molar-refractivity contribution in [2.24, 2.45) is 0 Å². The lowest BCUT2D eigenvalue weighted by Gasteiger charge is -2.17. The Bertz CT molecular complexity index is 517. The molecule has 0 spiro atoms. The first-order valence-corrected chi connectivity index (χ1v) is 8.94. The number of benzene rings is 1. The second-order valence-electron chi connectivity index (χ2n) is 4.69. The van der Waals surface area contributed by atoms with Gasteiger partial charge < -0.3 is 10.1 Å². The molecule has 21 heavy (non-hydrogen) atoms. The SMILES string of the molecule is CCNC(CC)c1cccc(S(=O)(=O)NCCOCC)c1. The van der Waals surface area contributed by atoms with Crippen LogP contribution in [0.5, 0.6) is 0 Å². The summed E-state index contributed by atoms with van der Waals surface area (Å²) in [6, 6.07) is 7.27. The van der Waals surface area contributed by atoms with Crippen LogP contribution < -0.4 is 10.0 Å². The van der Waals surface area contributed by atoms with E-state index < -0.39 is 10.0 Å². The maximum Gasteiger partial charge on any atom is 0.240 e. The van der Waals surface area contributed by atoms with Gasteiger partial charge in [-0.3, -0.25) is 0 Å². The Balaban J connectivity index is 2.82. The largest absolute Gasteiger partial charge is 0.380 e. The molecule has 0 fully saturated rings. The van der Waals surface area contributed by atoms with Crippen molar-refractivity contribution in [3.63, 3.8) is 0 Å². The fourth-order valence-electron chi connectivity index (χ4n) is 2.12. The van der Waals surface area contributed by atoms with Gasteiger partial charge in [0.05, 0.1) is 11.5 Å². The normalized spacial score (nSPS) is 13.3. The molecule has 1 atom stereocenters. The number of ether oxygens (including phenoxy) is 1. The molecule has 0 radical (unpaired) electrons. The smallest absolute Gasteiger partial charge is 0.240 e. The van der Waals surface area contributed by atoms with E-state index in [1.54, 1.807) is 18.2 Å². The van der Waals surface area contributed by atoms with Crippen LogP contribution in [-0.2, 0) is 14.8 Å². The summed E-state index contributed by atoms with van der Waals surface area (Å²) in [5, 5.41) is 3.35. The summed E-state index contributed by atoms with van der Waals surface area (Å²) >= 11 is 0. The third-order valence-corrected chi connectivity index (χ3v) is 4.63. The second-order valence-corrected chi connectivity index (χ2v) is 6.45. The summed E-state index contributed by atoms with van der Waals surface area (Å²) in [5.41, 5.74) is 0.993. The van der Waals surface area contributed by atoms with E-state index in [1.165, 1.54) is 0 Å². The quantitative estimate of drug-likeness (QED) is 0.649. The van der Waals surface area contributed by atoms with E-state index in [2.05, 4.69) is 17.0 Å². The molecule has 1 aromatic rings. The standard InChI is InChI=1S/C15H26N2O3S/c1-4-15(16-5-2)13-8-7-9-14(12-13)21(18,19)17-10-11-20-6-3/h7-9,12,15-17H,4-6,10-11H2,1-3H3. The Morgan fingerprint density at radius 3 is 2.62 bits per heavy atom. The van der Waals surface area contributed by atoms with E-state index in [-0.39, 0.29) is 12.6 Å². The van der Waals surface area contributed by atoms with Crippen molar-refractivity contribution in [1.82, 2.24) is 10.0 Å². The van der Waals surface area contributed by atoms with Crippen molar-refractivity contribution >= 4 is 10.0 Å². The number of hydrogen-bond acceptors (Lipinski definition) is 4. The Morgan fingerprint density at radius 2 is 2.00 bits per heavy atom. The molecule has 1 aromatic carbocycles. The third kappa shape index (κ3) is 5.74. The molecule has 0 aliphatic rings. The van der Waals surface area contributed by atoms with Gasteiger partial charge in [0.2, 0.25) is 10.0 Å². The third-order valence-electron chi connectivity index (χ3n) is 3.17. The second kappa shape index (κ2) is 9.15. The first-order chi connectivity index (χ1) is 10.0. The summed E-state index contributed by atoms with van der Waals surface area (Å²) < 4.78 is 32.2. The predicted molar refractivity (Wildman–Crippen MR) is 84.8 cm³/mol. The van der Waals surface area contributed by atoms with Crippen LogP contribution in [-0.4, -0.2) is 34.7 Å². The topological polar surface area (TPSA) is 67.4 Å². The van der Waals surface area contributed by atoms with Crippen molar-refractivity contribution in [3.8, 4) is 0 Å². The zero-order chi connectivity index (χ0) is 15.7. The van der Waals surface area contributed by atoms with Gasteiger partial charge in [-0.25, -0.2) is 13.1 Å². The molecule has 6 heteroatoms. The molecule has 0 aliphatic carbocycles. The van der Waals surface area contributed by atoms with Crippen LogP contribution in [0.4, 0.5) is 0 Å². The van der Waals surface area contributed by atoms with E-state index in [0.29, 0.717) is 18.1 Å². The van der Waals surface area contributed by atoms with E-state index in [9.17, 15) is 8.42 Å². The van der Waals surface area contributed by atoms with Crippen LogP contribution in [0.25, 0.3) is 0 Å². The number of nitrogens with one attached hydrogen (secondary N) is 2. The van der Waals surface area contributed by atoms with Gasteiger partial charge in [0.25, 0.3) is 0 Å². The van der Waals surface area contributed by atoms with Gasteiger partial charge in [-0.05, 0) is 37.6 Å². The molecule has 0 bridgehead atoms. The van der Waals surface area contributed by atoms with Gasteiger partial charge in [0.15, 0.2) is 0 Å². The van der Waals surface area contributed by atoms with Crippen LogP contribution in [0.1, 0.15) is 38.8 Å². The van der Waals surface area contributed by atoms with Crippen molar-refractivity contribution in [2.45, 2.75) is 38.1 Å². The molecular formula is C15H26N2O3S. The predicted octanol–water partition coefficient (Wildman–Crippen LogP) is 2.06. The van der Waals surface area contributed by atoms with Crippen molar-refractivity contribution in [1.29, 1.82) is 0 Å². The Labute approximate surface area is 128 Å². The van der Waals surface area contributed by atoms with E-state index in [0.717, 1.165) is 18.5 Å². The first kappa shape index (κ1) is 18.1. The zero-order valence-electron chi connectivity index (χ0n) is 13.1. The number of hydrogen-bond donors (Lipinski definition) is 2. The summed E-state index contributed by atoms with van der Waals surface area (Å²) in [4.78, 5) is 0.299. The van der Waals surface area contributed by atoms with Gasteiger partial charge in [-0.2, -0.15) is 0 Å². The maximum atomic E-state index is 12.2. The zero-order valence-corrected chi connectivity index (χ0v) is 13.9. The molecule has 5 nitrogen and oxygen atoms in total. The Morgan fingerprint density at radius 1 is 1.24 bits per heavy atom. The Kier molecular flexibility index (Phi) is 7.88. The van der Waals surface area contributed by atoms with E-state index in [1.807, 2.05) is 19.9 Å². The number of rotatable bonds is 10. The molecule has 120 valence electrons. The summed E-state index contributed by atoms with van der Waals surface area (Å²) in [7, 11) is -3.48. The lowest BCUT2D eigenvalue weighted by Crippen LogP contribution is -2.28. The van der Waals surface area contributed by atoms with Crippen LogP contribution in [0, 0.1) is 0 Å². The molecular weight excluding hydrogens is 288 g/mol. The molecule has 0 saturated heterocycles. The van der Waals surface area contributed by atoms with Gasteiger partial charge in [-0.1, -0.05) is 26.0 Å². The minimum absolute atomic E-state index is 0.175. The monoisotopic (exact) mass is 314 g/mol. The first-order valence-electron chi connectivity index (χ1n) is 7.45. The van der Waals surface area contributed by atoms with Crippen LogP contribution >= 0.6 is 0 Å². The highest BCUT2D eigenvalue weighted by Gasteiger charge is 2.16. The van der Waals surface area contributed by atoms with Crippen molar-refractivity contribution in [2.75, 3.05) is 26.3 Å². The Hall–Kier alpha value is -0.950. The lowest BCUT2D eigenvalue weighted by atomic mass is 10.0. The van der Waals surface area contributed by atoms with Gasteiger partial charge >= 0.3 is 0 Å². The minimum atomic E-state index is -3.48. The van der Waals surface area contributed by atoms with Crippen LogP contribution in [0.15, 0.2) is 29.2 Å². The lowest BCUT2D eigenvalue weighted by molar-refractivity contribution is 0.153. The molecule has 0 saturated carbocycles. The minimum Gasteiger partial charge on any atom is -0.380 e. The summed E-state index contributed by atoms with van der Waals surface area (Å²) in [5.74, 6) is 0. The fraction of sp³-hybridized carbons (Fsp3) is 0.600. The van der Waals surface area contributed by atoms with Crippen LogP contribution in [0.3, 0.4) is 0 Å². The summed E-state index contributed by atoms with van der Waals surface area (Å²) in [6.45, 7) is 8.09. The van der Waals surface area contributed by atoms with Gasteiger partial charge in [0, 0.05) is 19.2 Å². The summed E-state index contributed by atoms with van der Waals surface area (Å²) in [6.07, 6.45) is 0.912. The molecule has 1 rings (SSSR count). The maximum absolute atomic E-state index is 12.2. The molecule has 0 heterocycles. The van der Waals surface area contributed by atoms with E-state index >= 15 is 0 Å². The highest BCUT2D eigenvalue weighted by atomic mass is 32.2. The van der Waals surface area contributed by atoms with E-state index in [4.69, 9.17) is 4.74 Å².